The molecule has 1 aromatic heterocycles. The summed E-state index contributed by atoms with van der Waals surface area (Å²) < 4.78 is 29.8. The Kier molecular flexibility index (Phi) is 3.95. The fraction of sp³-hybridized carbons (Fsp3) is 0.133. The summed E-state index contributed by atoms with van der Waals surface area (Å²) in [7, 11) is 0. The number of hydrogen-bond donors (Lipinski definition) is 0. The normalized spacial score (nSPS) is 11.2. The molecule has 3 aromatic rings. The highest BCUT2D eigenvalue weighted by Gasteiger charge is 2.17. The number of halogens is 4. The summed E-state index contributed by atoms with van der Waals surface area (Å²) in [5.41, 5.74) is 1.57. The number of nitrogens with zero attached hydrogens (tertiary/aromatic N) is 2. The van der Waals surface area contributed by atoms with Crippen LogP contribution in [0, 0.1) is 11.6 Å². The minimum Gasteiger partial charge on any atom is -0.293 e. The van der Waals surface area contributed by atoms with Crippen LogP contribution in [-0.4, -0.2) is 15.4 Å². The highest BCUT2D eigenvalue weighted by atomic mass is 79.9. The van der Waals surface area contributed by atoms with Crippen LogP contribution in [0.4, 0.5) is 8.78 Å². The van der Waals surface area contributed by atoms with Gasteiger partial charge in [0.15, 0.2) is 0 Å². The average molecular weight is 372 g/mol. The van der Waals surface area contributed by atoms with Crippen LogP contribution < -0.4 is 0 Å². The van der Waals surface area contributed by atoms with Crippen molar-refractivity contribution in [2.75, 3.05) is 5.88 Å². The lowest BCUT2D eigenvalue weighted by atomic mass is 10.2. The fourth-order valence-electron chi connectivity index (χ4n) is 2.28. The molecule has 0 bridgehead atoms. The molecule has 6 heteroatoms. The molecule has 0 saturated carbocycles. The van der Waals surface area contributed by atoms with Gasteiger partial charge in [-0.1, -0.05) is 12.1 Å². The number of aryl methyl sites for hydroxylation is 1. The van der Waals surface area contributed by atoms with Crippen LogP contribution in [0.1, 0.15) is 5.82 Å². The maximum atomic E-state index is 14.3. The summed E-state index contributed by atoms with van der Waals surface area (Å²) in [6.45, 7) is 0. The molecule has 2 aromatic carbocycles. The second kappa shape index (κ2) is 5.73. The Balaban J connectivity index is 2.32. The lowest BCUT2D eigenvalue weighted by Crippen LogP contribution is -2.05. The van der Waals surface area contributed by atoms with Crippen molar-refractivity contribution in [3.8, 4) is 5.69 Å². The smallest absolute Gasteiger partial charge is 0.148 e. The summed E-state index contributed by atoms with van der Waals surface area (Å²) >= 11 is 8.77. The third-order valence-electron chi connectivity index (χ3n) is 3.18. The van der Waals surface area contributed by atoms with E-state index in [9.17, 15) is 8.78 Å². The van der Waals surface area contributed by atoms with Gasteiger partial charge in [0, 0.05) is 18.4 Å². The number of fused-ring (bicyclic) bond motifs is 1. The van der Waals surface area contributed by atoms with E-state index in [1.807, 2.05) is 24.3 Å². The number of hydrogen-bond acceptors (Lipinski definition) is 1. The van der Waals surface area contributed by atoms with E-state index in [4.69, 9.17) is 11.6 Å². The van der Waals surface area contributed by atoms with Crippen LogP contribution in [-0.2, 0) is 6.42 Å². The van der Waals surface area contributed by atoms with Gasteiger partial charge in [-0.15, -0.1) is 11.6 Å². The summed E-state index contributed by atoms with van der Waals surface area (Å²) in [6.07, 6.45) is 0.466. The lowest BCUT2D eigenvalue weighted by Gasteiger charge is -2.10. The molecule has 1 heterocycles. The summed E-state index contributed by atoms with van der Waals surface area (Å²) in [5.74, 6) is -0.0979. The Morgan fingerprint density at radius 1 is 1.14 bits per heavy atom. The molecule has 0 saturated heterocycles. The maximum Gasteiger partial charge on any atom is 0.148 e. The van der Waals surface area contributed by atoms with Gasteiger partial charge in [0.25, 0.3) is 0 Å². The zero-order valence-electron chi connectivity index (χ0n) is 10.8. The van der Waals surface area contributed by atoms with E-state index in [-0.39, 0.29) is 10.2 Å². The Morgan fingerprint density at radius 2 is 1.90 bits per heavy atom. The molecule has 0 N–H and O–H groups in total. The molecule has 0 amide bonds. The zero-order valence-corrected chi connectivity index (χ0v) is 13.1. The first kappa shape index (κ1) is 14.5. The first-order valence-corrected chi connectivity index (χ1v) is 7.62. The molecule has 0 radical (unpaired) electrons. The van der Waals surface area contributed by atoms with Crippen LogP contribution in [0.2, 0.25) is 0 Å². The van der Waals surface area contributed by atoms with E-state index in [2.05, 4.69) is 20.9 Å². The van der Waals surface area contributed by atoms with Crippen molar-refractivity contribution in [3.63, 3.8) is 0 Å². The van der Waals surface area contributed by atoms with Crippen molar-refractivity contribution in [1.82, 2.24) is 9.55 Å². The third kappa shape index (κ3) is 2.56. The lowest BCUT2D eigenvalue weighted by molar-refractivity contribution is 0.586. The Labute approximate surface area is 133 Å². The van der Waals surface area contributed by atoms with Gasteiger partial charge in [-0.3, -0.25) is 4.57 Å². The molecule has 108 valence electrons. The highest BCUT2D eigenvalue weighted by Crippen LogP contribution is 2.27. The minimum absolute atomic E-state index is 0.0899. The van der Waals surface area contributed by atoms with Crippen LogP contribution in [0.3, 0.4) is 0 Å². The molecular formula is C15H10BrClF2N2. The average Bonchev–Trinajstić information content (AvgIpc) is 2.81. The van der Waals surface area contributed by atoms with Crippen LogP contribution in [0.25, 0.3) is 16.7 Å². The van der Waals surface area contributed by atoms with Gasteiger partial charge in [0.2, 0.25) is 0 Å². The van der Waals surface area contributed by atoms with E-state index >= 15 is 0 Å². The van der Waals surface area contributed by atoms with Crippen molar-refractivity contribution in [1.29, 1.82) is 0 Å². The molecule has 3 rings (SSSR count). The quantitative estimate of drug-likeness (QED) is 0.475. The molecule has 0 fully saturated rings. The molecule has 0 aliphatic rings. The zero-order chi connectivity index (χ0) is 15.0. The van der Waals surface area contributed by atoms with Crippen LogP contribution >= 0.6 is 27.5 Å². The number of aromatic nitrogens is 2. The second-order valence-corrected chi connectivity index (χ2v) is 5.74. The van der Waals surface area contributed by atoms with E-state index in [0.717, 1.165) is 23.2 Å². The fourth-order valence-corrected chi connectivity index (χ4v) is 2.76. The molecule has 2 nitrogen and oxygen atoms in total. The van der Waals surface area contributed by atoms with Crippen molar-refractivity contribution in [3.05, 3.63) is 58.3 Å². The number of alkyl halides is 1. The van der Waals surface area contributed by atoms with Crippen molar-refractivity contribution < 1.29 is 8.78 Å². The minimum atomic E-state index is -0.527. The number of imidazole rings is 1. The van der Waals surface area contributed by atoms with Gasteiger partial charge in [-0.2, -0.15) is 0 Å². The second-order valence-electron chi connectivity index (χ2n) is 4.51. The third-order valence-corrected chi connectivity index (χ3v) is 3.98. The van der Waals surface area contributed by atoms with Crippen molar-refractivity contribution in [2.45, 2.75) is 6.42 Å². The van der Waals surface area contributed by atoms with E-state index < -0.39 is 11.6 Å². The topological polar surface area (TPSA) is 17.8 Å². The van der Waals surface area contributed by atoms with Gasteiger partial charge in [-0.25, -0.2) is 13.8 Å². The van der Waals surface area contributed by atoms with Crippen LogP contribution in [0.15, 0.2) is 40.9 Å². The van der Waals surface area contributed by atoms with Gasteiger partial charge in [0.05, 0.1) is 21.2 Å². The Morgan fingerprint density at radius 3 is 2.67 bits per heavy atom. The molecule has 0 atom stereocenters. The first-order valence-electron chi connectivity index (χ1n) is 6.29. The van der Waals surface area contributed by atoms with Crippen molar-refractivity contribution in [2.24, 2.45) is 0 Å². The maximum absolute atomic E-state index is 14.3. The Hall–Kier alpha value is -1.46. The van der Waals surface area contributed by atoms with E-state index in [0.29, 0.717) is 18.1 Å². The number of para-hydroxylation sites is 2. The summed E-state index contributed by atoms with van der Waals surface area (Å²) in [5, 5.41) is 0. The highest BCUT2D eigenvalue weighted by molar-refractivity contribution is 9.10. The van der Waals surface area contributed by atoms with Gasteiger partial charge in [-0.05, 0) is 34.1 Å². The van der Waals surface area contributed by atoms with Gasteiger partial charge < -0.3 is 0 Å². The molecule has 0 aliphatic carbocycles. The van der Waals surface area contributed by atoms with E-state index in [1.165, 1.54) is 0 Å². The molecule has 0 spiro atoms. The van der Waals surface area contributed by atoms with Gasteiger partial charge in [0.1, 0.15) is 17.5 Å². The molecule has 0 aliphatic heterocycles. The monoisotopic (exact) mass is 370 g/mol. The largest absolute Gasteiger partial charge is 0.293 e. The van der Waals surface area contributed by atoms with Crippen molar-refractivity contribution >= 4 is 38.6 Å². The predicted octanol–water partition coefficient (Wildman–Crippen LogP) is 4.85. The predicted molar refractivity (Wildman–Crippen MR) is 83.1 cm³/mol. The number of rotatable bonds is 3. The van der Waals surface area contributed by atoms with Gasteiger partial charge >= 0.3 is 0 Å². The molecule has 21 heavy (non-hydrogen) atoms. The summed E-state index contributed by atoms with van der Waals surface area (Å²) in [6, 6.07) is 9.60. The standard InChI is InChI=1S/C15H10BrClF2N2/c16-9-7-11(19)14(8-10(9)18)21-13-4-2-1-3-12(13)20-15(21)5-6-17/h1-4,7-8H,5-6H2. The van der Waals surface area contributed by atoms with Crippen LogP contribution in [0.5, 0.6) is 0 Å². The molecule has 0 unspecified atom stereocenters. The first-order chi connectivity index (χ1) is 10.1. The Bertz CT molecular complexity index is 817. The van der Waals surface area contributed by atoms with E-state index in [1.54, 1.807) is 4.57 Å². The summed E-state index contributed by atoms with van der Waals surface area (Å²) in [4.78, 5) is 4.45. The molecular weight excluding hydrogens is 362 g/mol. The SMILES string of the molecule is Fc1cc(-n2c(CCCl)nc3ccccc32)c(F)cc1Br. The number of benzene rings is 2.